The molecule has 1 rings (SSSR count). The molecule has 0 saturated heterocycles. The second-order valence-electron chi connectivity index (χ2n) is 4.49. The molecule has 0 spiro atoms. The summed E-state index contributed by atoms with van der Waals surface area (Å²) in [7, 11) is 0. The zero-order chi connectivity index (χ0) is 11.8. The maximum absolute atomic E-state index is 11.6. The van der Waals surface area contributed by atoms with Crippen LogP contribution in [0.3, 0.4) is 0 Å². The molecule has 1 unspecified atom stereocenters. The molecular formula is C13H24N2O. The molecule has 3 N–H and O–H groups in total. The van der Waals surface area contributed by atoms with Crippen LogP contribution in [0.15, 0.2) is 11.6 Å². The summed E-state index contributed by atoms with van der Waals surface area (Å²) >= 11 is 0. The number of rotatable bonds is 6. The third-order valence-electron chi connectivity index (χ3n) is 3.28. The molecule has 0 aromatic heterocycles. The minimum absolute atomic E-state index is 0.0136. The molecule has 1 aliphatic rings. The number of allylic oxidation sites excluding steroid dienone is 1. The van der Waals surface area contributed by atoms with Crippen LogP contribution in [0.1, 0.15) is 45.4 Å². The molecule has 3 nitrogen and oxygen atoms in total. The lowest BCUT2D eigenvalue weighted by Crippen LogP contribution is -2.35. The number of hydrogen-bond donors (Lipinski definition) is 2. The van der Waals surface area contributed by atoms with E-state index in [-0.39, 0.29) is 11.8 Å². The summed E-state index contributed by atoms with van der Waals surface area (Å²) in [6.07, 6.45) is 9.21. The van der Waals surface area contributed by atoms with Gasteiger partial charge in [0.15, 0.2) is 0 Å². The highest BCUT2D eigenvalue weighted by molar-refractivity contribution is 5.78. The van der Waals surface area contributed by atoms with Gasteiger partial charge in [0.2, 0.25) is 5.91 Å². The van der Waals surface area contributed by atoms with E-state index in [9.17, 15) is 4.79 Å². The zero-order valence-electron chi connectivity index (χ0n) is 10.3. The van der Waals surface area contributed by atoms with Crippen molar-refractivity contribution in [1.29, 1.82) is 0 Å². The molecule has 0 aromatic carbocycles. The van der Waals surface area contributed by atoms with Crippen LogP contribution >= 0.6 is 0 Å². The first-order chi connectivity index (χ1) is 7.77. The first kappa shape index (κ1) is 13.2. The molecule has 92 valence electrons. The van der Waals surface area contributed by atoms with E-state index in [1.165, 1.54) is 31.3 Å². The van der Waals surface area contributed by atoms with Crippen LogP contribution in [0.25, 0.3) is 0 Å². The van der Waals surface area contributed by atoms with Crippen molar-refractivity contribution in [3.63, 3.8) is 0 Å². The van der Waals surface area contributed by atoms with E-state index in [0.29, 0.717) is 6.54 Å². The van der Waals surface area contributed by atoms with E-state index in [1.807, 2.05) is 6.92 Å². The van der Waals surface area contributed by atoms with Crippen molar-refractivity contribution in [2.45, 2.75) is 45.4 Å². The number of carbonyl (C=O) groups excluding carboxylic acids is 1. The second-order valence-corrected chi connectivity index (χ2v) is 4.49. The summed E-state index contributed by atoms with van der Waals surface area (Å²) in [5.41, 5.74) is 7.03. The largest absolute Gasteiger partial charge is 0.356 e. The summed E-state index contributed by atoms with van der Waals surface area (Å²) < 4.78 is 0. The minimum Gasteiger partial charge on any atom is -0.356 e. The van der Waals surface area contributed by atoms with Crippen LogP contribution in [-0.2, 0) is 4.79 Å². The van der Waals surface area contributed by atoms with E-state index in [2.05, 4.69) is 11.4 Å². The molecule has 0 aliphatic heterocycles. The lowest BCUT2D eigenvalue weighted by molar-refractivity contribution is -0.124. The highest BCUT2D eigenvalue weighted by atomic mass is 16.1. The van der Waals surface area contributed by atoms with Crippen LogP contribution < -0.4 is 11.1 Å². The van der Waals surface area contributed by atoms with Crippen molar-refractivity contribution in [1.82, 2.24) is 5.32 Å². The molecule has 0 heterocycles. The Morgan fingerprint density at radius 1 is 1.56 bits per heavy atom. The Balaban J connectivity index is 2.19. The van der Waals surface area contributed by atoms with Crippen LogP contribution in [0, 0.1) is 5.92 Å². The summed E-state index contributed by atoms with van der Waals surface area (Å²) in [5.74, 6) is 0.0988. The molecule has 0 radical (unpaired) electrons. The average molecular weight is 224 g/mol. The van der Waals surface area contributed by atoms with Gasteiger partial charge in [-0.05, 0) is 38.5 Å². The Bertz CT molecular complexity index is 244. The second kappa shape index (κ2) is 7.44. The molecule has 3 heteroatoms. The molecule has 1 aliphatic carbocycles. The normalized spacial score (nSPS) is 17.8. The maximum Gasteiger partial charge on any atom is 0.224 e. The van der Waals surface area contributed by atoms with E-state index >= 15 is 0 Å². The van der Waals surface area contributed by atoms with Crippen molar-refractivity contribution in [2.24, 2.45) is 11.7 Å². The smallest absolute Gasteiger partial charge is 0.224 e. The SMILES string of the molecule is CCC(CN)C(=O)NCCC1=CCCCC1. The Morgan fingerprint density at radius 2 is 2.38 bits per heavy atom. The van der Waals surface area contributed by atoms with Crippen LogP contribution in [0.2, 0.25) is 0 Å². The Kier molecular flexibility index (Phi) is 6.16. The van der Waals surface area contributed by atoms with Crippen molar-refractivity contribution >= 4 is 5.91 Å². The Labute approximate surface area is 98.5 Å². The molecule has 1 atom stereocenters. The van der Waals surface area contributed by atoms with E-state index in [4.69, 9.17) is 5.73 Å². The summed E-state index contributed by atoms with van der Waals surface area (Å²) in [4.78, 5) is 11.6. The summed E-state index contributed by atoms with van der Waals surface area (Å²) in [6.45, 7) is 3.22. The Hall–Kier alpha value is -0.830. The van der Waals surface area contributed by atoms with Gasteiger partial charge in [-0.15, -0.1) is 0 Å². The first-order valence-electron chi connectivity index (χ1n) is 6.43. The van der Waals surface area contributed by atoms with Gasteiger partial charge in [-0.3, -0.25) is 4.79 Å². The molecule has 0 fully saturated rings. The minimum atomic E-state index is -0.0136. The molecular weight excluding hydrogens is 200 g/mol. The molecule has 0 aromatic rings. The Morgan fingerprint density at radius 3 is 2.94 bits per heavy atom. The fourth-order valence-electron chi connectivity index (χ4n) is 2.08. The standard InChI is InChI=1S/C13H24N2O/c1-2-12(10-14)13(16)15-9-8-11-6-4-3-5-7-11/h6,12H,2-5,7-10,14H2,1H3,(H,15,16). The van der Waals surface area contributed by atoms with E-state index in [1.54, 1.807) is 0 Å². The van der Waals surface area contributed by atoms with E-state index in [0.717, 1.165) is 19.4 Å². The average Bonchev–Trinajstić information content (AvgIpc) is 2.32. The van der Waals surface area contributed by atoms with Crippen LogP contribution in [-0.4, -0.2) is 19.0 Å². The number of hydrogen-bond acceptors (Lipinski definition) is 2. The summed E-state index contributed by atoms with van der Waals surface area (Å²) in [5, 5.41) is 2.97. The van der Waals surface area contributed by atoms with Crippen LogP contribution in [0.4, 0.5) is 0 Å². The summed E-state index contributed by atoms with van der Waals surface area (Å²) in [6, 6.07) is 0. The number of carbonyl (C=O) groups is 1. The molecule has 16 heavy (non-hydrogen) atoms. The van der Waals surface area contributed by atoms with E-state index < -0.39 is 0 Å². The maximum atomic E-state index is 11.6. The van der Waals surface area contributed by atoms with Crippen molar-refractivity contribution in [2.75, 3.05) is 13.1 Å². The number of nitrogens with two attached hydrogens (primary N) is 1. The van der Waals surface area contributed by atoms with Gasteiger partial charge >= 0.3 is 0 Å². The van der Waals surface area contributed by atoms with Crippen molar-refractivity contribution in [3.05, 3.63) is 11.6 Å². The van der Waals surface area contributed by atoms with Crippen molar-refractivity contribution < 1.29 is 4.79 Å². The fourth-order valence-corrected chi connectivity index (χ4v) is 2.08. The molecule has 1 amide bonds. The van der Waals surface area contributed by atoms with Gasteiger partial charge in [0.25, 0.3) is 0 Å². The van der Waals surface area contributed by atoms with Gasteiger partial charge in [0.1, 0.15) is 0 Å². The third-order valence-corrected chi connectivity index (χ3v) is 3.28. The van der Waals surface area contributed by atoms with Crippen LogP contribution in [0.5, 0.6) is 0 Å². The fraction of sp³-hybridized carbons (Fsp3) is 0.769. The monoisotopic (exact) mass is 224 g/mol. The van der Waals surface area contributed by atoms with Gasteiger partial charge in [0, 0.05) is 19.0 Å². The molecule has 0 saturated carbocycles. The predicted molar refractivity (Wildman–Crippen MR) is 67.0 cm³/mol. The topological polar surface area (TPSA) is 55.1 Å². The first-order valence-corrected chi connectivity index (χ1v) is 6.43. The third kappa shape index (κ3) is 4.35. The highest BCUT2D eigenvalue weighted by Crippen LogP contribution is 2.19. The van der Waals surface area contributed by atoms with Gasteiger partial charge in [-0.2, -0.15) is 0 Å². The lowest BCUT2D eigenvalue weighted by Gasteiger charge is -2.15. The van der Waals surface area contributed by atoms with Gasteiger partial charge in [0.05, 0.1) is 0 Å². The van der Waals surface area contributed by atoms with Gasteiger partial charge in [-0.1, -0.05) is 18.6 Å². The van der Waals surface area contributed by atoms with Gasteiger partial charge < -0.3 is 11.1 Å². The highest BCUT2D eigenvalue weighted by Gasteiger charge is 2.13. The quantitative estimate of drug-likeness (QED) is 0.678. The number of amides is 1. The van der Waals surface area contributed by atoms with Gasteiger partial charge in [-0.25, -0.2) is 0 Å². The van der Waals surface area contributed by atoms with Crippen molar-refractivity contribution in [3.8, 4) is 0 Å². The zero-order valence-corrected chi connectivity index (χ0v) is 10.3. The predicted octanol–water partition coefficient (Wildman–Crippen LogP) is 1.98. The lowest BCUT2D eigenvalue weighted by atomic mass is 9.97. The molecule has 0 bridgehead atoms. The number of nitrogens with one attached hydrogen (secondary N) is 1.